The molecule has 112 valence electrons. The van der Waals surface area contributed by atoms with Crippen LogP contribution >= 0.6 is 11.6 Å². The quantitative estimate of drug-likeness (QED) is 0.907. The molecule has 0 bridgehead atoms. The van der Waals surface area contributed by atoms with Crippen LogP contribution in [-0.2, 0) is 5.41 Å². The summed E-state index contributed by atoms with van der Waals surface area (Å²) >= 11 is 6.03. The van der Waals surface area contributed by atoms with Crippen molar-refractivity contribution in [2.45, 2.75) is 45.1 Å². The second kappa shape index (κ2) is 4.91. The molecule has 0 radical (unpaired) electrons. The van der Waals surface area contributed by atoms with Crippen LogP contribution in [0.15, 0.2) is 18.3 Å². The number of carbonyl (C=O) groups excluding carboxylic acids is 1. The van der Waals surface area contributed by atoms with Gasteiger partial charge in [0.2, 0.25) is 0 Å². The van der Waals surface area contributed by atoms with Gasteiger partial charge in [-0.1, -0.05) is 32.4 Å². The zero-order valence-corrected chi connectivity index (χ0v) is 13.2. The van der Waals surface area contributed by atoms with E-state index in [-0.39, 0.29) is 11.3 Å². The summed E-state index contributed by atoms with van der Waals surface area (Å²) < 4.78 is 1.95. The lowest BCUT2D eigenvalue weighted by molar-refractivity contribution is 0.101. The Morgan fingerprint density at radius 1 is 1.43 bits per heavy atom. The van der Waals surface area contributed by atoms with E-state index in [1.54, 1.807) is 6.07 Å². The number of aromatic nitrogens is 3. The third-order valence-corrected chi connectivity index (χ3v) is 3.82. The predicted molar refractivity (Wildman–Crippen MR) is 83.0 cm³/mol. The molecule has 2 aromatic rings. The standard InChI is InChI=1S/C15H19ClN4O/c1-15(2,3)12-7-13(19-18-12)17-14(21)11-6-9(16)8-20(11)10-4-5-10/h6-8,10H,4-5H2,1-3H3,(H2,17,18,19,21). The lowest BCUT2D eigenvalue weighted by Crippen LogP contribution is -2.16. The zero-order chi connectivity index (χ0) is 15.2. The van der Waals surface area contributed by atoms with Crippen molar-refractivity contribution in [3.05, 3.63) is 34.7 Å². The molecule has 5 nitrogen and oxygen atoms in total. The lowest BCUT2D eigenvalue weighted by Gasteiger charge is -2.14. The Kier molecular flexibility index (Phi) is 3.32. The maximum absolute atomic E-state index is 12.4. The smallest absolute Gasteiger partial charge is 0.273 e. The summed E-state index contributed by atoms with van der Waals surface area (Å²) in [6.07, 6.45) is 4.02. The predicted octanol–water partition coefficient (Wildman–Crippen LogP) is 3.75. The third kappa shape index (κ3) is 2.97. The summed E-state index contributed by atoms with van der Waals surface area (Å²) in [6.45, 7) is 6.26. The maximum Gasteiger partial charge on any atom is 0.273 e. The Balaban J connectivity index is 1.79. The Morgan fingerprint density at radius 2 is 2.14 bits per heavy atom. The van der Waals surface area contributed by atoms with Gasteiger partial charge in [-0.05, 0) is 18.9 Å². The first-order valence-corrected chi connectivity index (χ1v) is 7.47. The van der Waals surface area contributed by atoms with Gasteiger partial charge in [0.25, 0.3) is 5.91 Å². The van der Waals surface area contributed by atoms with Crippen LogP contribution in [-0.4, -0.2) is 20.7 Å². The summed E-state index contributed by atoms with van der Waals surface area (Å²) in [5.41, 5.74) is 1.53. The van der Waals surface area contributed by atoms with Crippen molar-refractivity contribution in [1.82, 2.24) is 14.8 Å². The largest absolute Gasteiger partial charge is 0.339 e. The minimum absolute atomic E-state index is 0.0342. The van der Waals surface area contributed by atoms with Crippen LogP contribution in [0.5, 0.6) is 0 Å². The zero-order valence-electron chi connectivity index (χ0n) is 12.4. The van der Waals surface area contributed by atoms with Crippen LogP contribution in [0.1, 0.15) is 55.8 Å². The lowest BCUT2D eigenvalue weighted by atomic mass is 9.92. The van der Waals surface area contributed by atoms with E-state index in [1.807, 2.05) is 16.8 Å². The fourth-order valence-electron chi connectivity index (χ4n) is 2.23. The number of halogens is 1. The second-order valence-electron chi connectivity index (χ2n) is 6.55. The molecule has 0 aliphatic heterocycles. The highest BCUT2D eigenvalue weighted by atomic mass is 35.5. The van der Waals surface area contributed by atoms with Crippen LogP contribution in [0, 0.1) is 0 Å². The van der Waals surface area contributed by atoms with E-state index in [0.29, 0.717) is 22.6 Å². The molecule has 0 spiro atoms. The van der Waals surface area contributed by atoms with Gasteiger partial charge in [-0.3, -0.25) is 9.89 Å². The van der Waals surface area contributed by atoms with E-state index in [0.717, 1.165) is 18.5 Å². The van der Waals surface area contributed by atoms with E-state index in [4.69, 9.17) is 11.6 Å². The number of H-pyrrole nitrogens is 1. The van der Waals surface area contributed by atoms with Gasteiger partial charge in [0.15, 0.2) is 5.82 Å². The molecular weight excluding hydrogens is 288 g/mol. The Morgan fingerprint density at radius 3 is 2.71 bits per heavy atom. The van der Waals surface area contributed by atoms with E-state index in [1.165, 1.54) is 0 Å². The molecule has 2 heterocycles. The minimum Gasteiger partial charge on any atom is -0.339 e. The molecule has 21 heavy (non-hydrogen) atoms. The molecule has 1 aliphatic rings. The highest BCUT2D eigenvalue weighted by molar-refractivity contribution is 6.31. The van der Waals surface area contributed by atoms with Crippen LogP contribution < -0.4 is 5.32 Å². The molecule has 2 aromatic heterocycles. The highest BCUT2D eigenvalue weighted by Crippen LogP contribution is 2.37. The Labute approximate surface area is 128 Å². The molecule has 1 fully saturated rings. The molecule has 2 N–H and O–H groups in total. The normalized spacial score (nSPS) is 15.2. The van der Waals surface area contributed by atoms with Crippen molar-refractivity contribution < 1.29 is 4.79 Å². The maximum atomic E-state index is 12.4. The number of nitrogens with zero attached hydrogens (tertiary/aromatic N) is 2. The monoisotopic (exact) mass is 306 g/mol. The summed E-state index contributed by atoms with van der Waals surface area (Å²) in [7, 11) is 0. The van der Waals surface area contributed by atoms with Gasteiger partial charge in [0, 0.05) is 29.4 Å². The number of aromatic amines is 1. The minimum atomic E-state index is -0.180. The van der Waals surface area contributed by atoms with Gasteiger partial charge < -0.3 is 9.88 Å². The van der Waals surface area contributed by atoms with Crippen molar-refractivity contribution in [2.24, 2.45) is 0 Å². The number of hydrogen-bond acceptors (Lipinski definition) is 2. The average Bonchev–Trinajstić information content (AvgIpc) is 2.98. The number of carbonyl (C=O) groups is 1. The fourth-order valence-corrected chi connectivity index (χ4v) is 2.44. The van der Waals surface area contributed by atoms with Gasteiger partial charge in [-0.15, -0.1) is 0 Å². The fraction of sp³-hybridized carbons (Fsp3) is 0.467. The van der Waals surface area contributed by atoms with Gasteiger partial charge >= 0.3 is 0 Å². The number of anilines is 1. The molecule has 1 aliphatic carbocycles. The molecule has 6 heteroatoms. The molecule has 0 aromatic carbocycles. The molecule has 0 saturated heterocycles. The summed E-state index contributed by atoms with van der Waals surface area (Å²) in [5, 5.41) is 10.5. The van der Waals surface area contributed by atoms with Crippen LogP contribution in [0.4, 0.5) is 5.82 Å². The highest BCUT2D eigenvalue weighted by Gasteiger charge is 2.28. The third-order valence-electron chi connectivity index (χ3n) is 3.62. The topological polar surface area (TPSA) is 62.7 Å². The number of rotatable bonds is 3. The molecule has 0 unspecified atom stereocenters. The van der Waals surface area contributed by atoms with Crippen molar-refractivity contribution in [3.8, 4) is 0 Å². The molecule has 0 atom stereocenters. The van der Waals surface area contributed by atoms with Crippen molar-refractivity contribution in [3.63, 3.8) is 0 Å². The van der Waals surface area contributed by atoms with Crippen molar-refractivity contribution in [1.29, 1.82) is 0 Å². The first-order chi connectivity index (χ1) is 9.84. The number of nitrogens with one attached hydrogen (secondary N) is 2. The summed E-state index contributed by atoms with van der Waals surface area (Å²) in [5.74, 6) is 0.352. The van der Waals surface area contributed by atoms with Gasteiger partial charge in [0.05, 0.1) is 5.02 Å². The average molecular weight is 307 g/mol. The van der Waals surface area contributed by atoms with Crippen LogP contribution in [0.2, 0.25) is 5.02 Å². The van der Waals surface area contributed by atoms with Crippen molar-refractivity contribution >= 4 is 23.3 Å². The number of hydrogen-bond donors (Lipinski definition) is 2. The molecular formula is C15H19ClN4O. The van der Waals surface area contributed by atoms with E-state index in [9.17, 15) is 4.79 Å². The molecule has 1 saturated carbocycles. The number of amides is 1. The van der Waals surface area contributed by atoms with E-state index >= 15 is 0 Å². The van der Waals surface area contributed by atoms with E-state index < -0.39 is 0 Å². The van der Waals surface area contributed by atoms with Gasteiger partial charge in [-0.2, -0.15) is 5.10 Å². The van der Waals surface area contributed by atoms with Gasteiger partial charge in [-0.25, -0.2) is 0 Å². The first-order valence-electron chi connectivity index (χ1n) is 7.09. The Hall–Kier alpha value is -1.75. The molecule has 1 amide bonds. The summed E-state index contributed by atoms with van der Waals surface area (Å²) in [6, 6.07) is 3.97. The van der Waals surface area contributed by atoms with Crippen LogP contribution in [0.3, 0.4) is 0 Å². The van der Waals surface area contributed by atoms with Crippen LogP contribution in [0.25, 0.3) is 0 Å². The Bertz CT molecular complexity index is 676. The molecule has 3 rings (SSSR count). The van der Waals surface area contributed by atoms with E-state index in [2.05, 4.69) is 36.3 Å². The van der Waals surface area contributed by atoms with Crippen molar-refractivity contribution in [2.75, 3.05) is 5.32 Å². The second-order valence-corrected chi connectivity index (χ2v) is 6.99. The van der Waals surface area contributed by atoms with Gasteiger partial charge in [0.1, 0.15) is 5.69 Å². The first kappa shape index (κ1) is 14.2. The summed E-state index contributed by atoms with van der Waals surface area (Å²) in [4.78, 5) is 12.4. The SMILES string of the molecule is CC(C)(C)c1cc(NC(=O)c2cc(Cl)cn2C2CC2)n[nH]1.